The molecule has 0 heterocycles. The summed E-state index contributed by atoms with van der Waals surface area (Å²) in [4.78, 5) is 11.8. The van der Waals surface area contributed by atoms with E-state index >= 15 is 0 Å². The zero-order valence-corrected chi connectivity index (χ0v) is 10.6. The number of hydrogen-bond acceptors (Lipinski definition) is 2. The Kier molecular flexibility index (Phi) is 8.30. The minimum Gasteiger partial charge on any atom is -0.352 e. The SMILES string of the molecule is C=CCNC(=O)C1CCCCCCC1N.Cl. The maximum absolute atomic E-state index is 11.8. The van der Waals surface area contributed by atoms with Crippen LogP contribution >= 0.6 is 12.4 Å². The number of amides is 1. The minimum absolute atomic E-state index is 0. The number of carbonyl (C=O) groups is 1. The maximum atomic E-state index is 11.8. The first kappa shape index (κ1) is 15.5. The molecule has 0 spiro atoms. The molecule has 0 aliphatic heterocycles. The number of rotatable bonds is 3. The van der Waals surface area contributed by atoms with Gasteiger partial charge < -0.3 is 11.1 Å². The van der Waals surface area contributed by atoms with Crippen LogP contribution in [0.4, 0.5) is 0 Å². The van der Waals surface area contributed by atoms with Crippen molar-refractivity contribution < 1.29 is 4.79 Å². The highest BCUT2D eigenvalue weighted by molar-refractivity contribution is 5.85. The van der Waals surface area contributed by atoms with Crippen molar-refractivity contribution >= 4 is 18.3 Å². The highest BCUT2D eigenvalue weighted by atomic mass is 35.5. The molecule has 16 heavy (non-hydrogen) atoms. The van der Waals surface area contributed by atoms with E-state index in [0.29, 0.717) is 6.54 Å². The molecule has 0 saturated heterocycles. The molecule has 2 atom stereocenters. The van der Waals surface area contributed by atoms with E-state index < -0.39 is 0 Å². The van der Waals surface area contributed by atoms with Crippen LogP contribution in [0.1, 0.15) is 38.5 Å². The Morgan fingerprint density at radius 2 is 1.94 bits per heavy atom. The zero-order chi connectivity index (χ0) is 11.1. The molecule has 1 aliphatic rings. The second-order valence-corrected chi connectivity index (χ2v) is 4.30. The molecule has 4 heteroatoms. The molecule has 0 radical (unpaired) electrons. The average molecular weight is 247 g/mol. The van der Waals surface area contributed by atoms with Crippen LogP contribution in [-0.2, 0) is 4.79 Å². The van der Waals surface area contributed by atoms with Gasteiger partial charge in [0.1, 0.15) is 0 Å². The summed E-state index contributed by atoms with van der Waals surface area (Å²) >= 11 is 0. The number of halogens is 1. The number of nitrogens with two attached hydrogens (primary N) is 1. The van der Waals surface area contributed by atoms with Gasteiger partial charge in [0.25, 0.3) is 0 Å². The van der Waals surface area contributed by atoms with Gasteiger partial charge in [0.2, 0.25) is 5.91 Å². The van der Waals surface area contributed by atoms with Gasteiger partial charge in [-0.15, -0.1) is 19.0 Å². The van der Waals surface area contributed by atoms with E-state index in [-0.39, 0.29) is 30.3 Å². The van der Waals surface area contributed by atoms with Crippen LogP contribution in [0, 0.1) is 5.92 Å². The molecule has 0 aromatic carbocycles. The topological polar surface area (TPSA) is 55.1 Å². The monoisotopic (exact) mass is 246 g/mol. The normalized spacial score (nSPS) is 25.8. The quantitative estimate of drug-likeness (QED) is 0.749. The molecule has 0 aromatic rings. The van der Waals surface area contributed by atoms with Crippen molar-refractivity contribution in [2.45, 2.75) is 44.6 Å². The third kappa shape index (κ3) is 4.99. The summed E-state index contributed by atoms with van der Waals surface area (Å²) in [5, 5.41) is 2.84. The van der Waals surface area contributed by atoms with Crippen LogP contribution in [0.15, 0.2) is 12.7 Å². The Hall–Kier alpha value is -0.540. The fourth-order valence-corrected chi connectivity index (χ4v) is 2.14. The molecule has 1 fully saturated rings. The minimum atomic E-state index is 0. The smallest absolute Gasteiger partial charge is 0.224 e. The summed E-state index contributed by atoms with van der Waals surface area (Å²) in [6, 6.07) is 0.0371. The van der Waals surface area contributed by atoms with E-state index in [1.54, 1.807) is 6.08 Å². The molecule has 94 valence electrons. The predicted molar refractivity (Wildman–Crippen MR) is 69.6 cm³/mol. The third-order valence-electron chi connectivity index (χ3n) is 3.08. The van der Waals surface area contributed by atoms with Crippen molar-refractivity contribution in [2.75, 3.05) is 6.54 Å². The van der Waals surface area contributed by atoms with Crippen LogP contribution < -0.4 is 11.1 Å². The summed E-state index contributed by atoms with van der Waals surface area (Å²) in [6.07, 6.45) is 8.39. The van der Waals surface area contributed by atoms with Gasteiger partial charge in [0.15, 0.2) is 0 Å². The van der Waals surface area contributed by atoms with Crippen molar-refractivity contribution in [3.63, 3.8) is 0 Å². The predicted octanol–water partition coefficient (Wildman–Crippen LogP) is 2.01. The lowest BCUT2D eigenvalue weighted by molar-refractivity contribution is -0.125. The van der Waals surface area contributed by atoms with Gasteiger partial charge >= 0.3 is 0 Å². The van der Waals surface area contributed by atoms with E-state index in [1.165, 1.54) is 12.8 Å². The summed E-state index contributed by atoms with van der Waals surface area (Å²) in [6.45, 7) is 4.13. The Balaban J connectivity index is 0.00000225. The van der Waals surface area contributed by atoms with E-state index in [0.717, 1.165) is 25.7 Å². The third-order valence-corrected chi connectivity index (χ3v) is 3.08. The first-order valence-corrected chi connectivity index (χ1v) is 5.90. The molecule has 1 rings (SSSR count). The number of nitrogens with one attached hydrogen (secondary N) is 1. The van der Waals surface area contributed by atoms with Crippen LogP contribution in [-0.4, -0.2) is 18.5 Å². The fraction of sp³-hybridized carbons (Fsp3) is 0.750. The fourth-order valence-electron chi connectivity index (χ4n) is 2.14. The Labute approximate surface area is 104 Å². The average Bonchev–Trinajstić information content (AvgIpc) is 2.20. The van der Waals surface area contributed by atoms with E-state index in [4.69, 9.17) is 5.73 Å². The van der Waals surface area contributed by atoms with Crippen molar-refractivity contribution in [1.82, 2.24) is 5.32 Å². The van der Waals surface area contributed by atoms with Crippen molar-refractivity contribution in [3.8, 4) is 0 Å². The van der Waals surface area contributed by atoms with Gasteiger partial charge in [-0.2, -0.15) is 0 Å². The molecule has 0 aromatic heterocycles. The highest BCUT2D eigenvalue weighted by Gasteiger charge is 2.25. The van der Waals surface area contributed by atoms with Crippen molar-refractivity contribution in [1.29, 1.82) is 0 Å². The maximum Gasteiger partial charge on any atom is 0.224 e. The molecule has 3 nitrogen and oxygen atoms in total. The molecule has 1 amide bonds. The molecular weight excluding hydrogens is 224 g/mol. The highest BCUT2D eigenvalue weighted by Crippen LogP contribution is 2.21. The number of carbonyl (C=O) groups excluding carboxylic acids is 1. The van der Waals surface area contributed by atoms with Crippen molar-refractivity contribution in [2.24, 2.45) is 11.7 Å². The van der Waals surface area contributed by atoms with E-state index in [2.05, 4.69) is 11.9 Å². The van der Waals surface area contributed by atoms with Gasteiger partial charge in [0.05, 0.1) is 5.92 Å². The lowest BCUT2D eigenvalue weighted by Gasteiger charge is -2.25. The Morgan fingerprint density at radius 3 is 2.56 bits per heavy atom. The lowest BCUT2D eigenvalue weighted by atomic mass is 9.87. The van der Waals surface area contributed by atoms with Gasteiger partial charge in [-0.05, 0) is 12.8 Å². The second-order valence-electron chi connectivity index (χ2n) is 4.30. The summed E-state index contributed by atoms with van der Waals surface area (Å²) in [5.74, 6) is 0.106. The van der Waals surface area contributed by atoms with Crippen LogP contribution in [0.3, 0.4) is 0 Å². The first-order valence-electron chi connectivity index (χ1n) is 5.90. The molecule has 3 N–H and O–H groups in total. The van der Waals surface area contributed by atoms with Crippen LogP contribution in [0.2, 0.25) is 0 Å². The molecular formula is C12H23ClN2O. The molecule has 1 aliphatic carbocycles. The summed E-state index contributed by atoms with van der Waals surface area (Å²) in [7, 11) is 0. The van der Waals surface area contributed by atoms with Gasteiger partial charge in [-0.3, -0.25) is 4.79 Å². The Bertz CT molecular complexity index is 221. The van der Waals surface area contributed by atoms with Gasteiger partial charge in [-0.25, -0.2) is 0 Å². The molecule has 2 unspecified atom stereocenters. The van der Waals surface area contributed by atoms with Crippen molar-refractivity contribution in [3.05, 3.63) is 12.7 Å². The van der Waals surface area contributed by atoms with Crippen LogP contribution in [0.25, 0.3) is 0 Å². The van der Waals surface area contributed by atoms with Gasteiger partial charge in [-0.1, -0.05) is 31.8 Å². The Morgan fingerprint density at radius 1 is 1.31 bits per heavy atom. The lowest BCUT2D eigenvalue weighted by Crippen LogP contribution is -2.42. The van der Waals surface area contributed by atoms with E-state index in [9.17, 15) is 4.79 Å². The van der Waals surface area contributed by atoms with Gasteiger partial charge in [0, 0.05) is 12.6 Å². The number of hydrogen-bond donors (Lipinski definition) is 2. The summed E-state index contributed by atoms with van der Waals surface area (Å²) in [5.41, 5.74) is 6.03. The zero-order valence-electron chi connectivity index (χ0n) is 9.78. The molecule has 0 bridgehead atoms. The standard InChI is InChI=1S/C12H22N2O.ClH/c1-2-9-14-12(15)10-7-5-3-4-6-8-11(10)13;/h2,10-11H,1,3-9,13H2,(H,14,15);1H. The molecule has 1 saturated carbocycles. The van der Waals surface area contributed by atoms with Crippen LogP contribution in [0.5, 0.6) is 0 Å². The summed E-state index contributed by atoms with van der Waals surface area (Å²) < 4.78 is 0. The second kappa shape index (κ2) is 8.59. The largest absolute Gasteiger partial charge is 0.352 e. The van der Waals surface area contributed by atoms with E-state index in [1.807, 2.05) is 0 Å². The first-order chi connectivity index (χ1) is 7.25.